The lowest BCUT2D eigenvalue weighted by atomic mass is 9.83. The van der Waals surface area contributed by atoms with Crippen molar-refractivity contribution in [3.05, 3.63) is 0 Å². The van der Waals surface area contributed by atoms with E-state index in [4.69, 9.17) is 4.74 Å². The van der Waals surface area contributed by atoms with Gasteiger partial charge in [0.1, 0.15) is 12.1 Å². The Labute approximate surface area is 122 Å². The van der Waals surface area contributed by atoms with Crippen molar-refractivity contribution in [2.45, 2.75) is 59.5 Å². The second kappa shape index (κ2) is 7.07. The molecular weight excluding hydrogens is 256 g/mol. The summed E-state index contributed by atoms with van der Waals surface area (Å²) in [5, 5.41) is 2.87. The smallest absolute Gasteiger partial charge is 0.246 e. The van der Waals surface area contributed by atoms with Crippen LogP contribution in [0.5, 0.6) is 0 Å². The first-order valence-corrected chi connectivity index (χ1v) is 7.51. The highest BCUT2D eigenvalue weighted by Crippen LogP contribution is 2.25. The molecule has 2 atom stereocenters. The maximum atomic E-state index is 12.6. The van der Waals surface area contributed by atoms with Crippen LogP contribution in [0, 0.1) is 5.41 Å². The zero-order valence-corrected chi connectivity index (χ0v) is 13.4. The molecule has 1 heterocycles. The molecule has 116 valence electrons. The summed E-state index contributed by atoms with van der Waals surface area (Å²) in [6, 6.07) is -0.824. The summed E-state index contributed by atoms with van der Waals surface area (Å²) in [4.78, 5) is 26.5. The van der Waals surface area contributed by atoms with Crippen molar-refractivity contribution >= 4 is 11.8 Å². The van der Waals surface area contributed by atoms with Gasteiger partial charge in [-0.15, -0.1) is 0 Å². The summed E-state index contributed by atoms with van der Waals surface area (Å²) in [6.45, 7) is 11.5. The van der Waals surface area contributed by atoms with Crippen LogP contribution < -0.4 is 5.32 Å². The van der Waals surface area contributed by atoms with Crippen LogP contribution in [0.25, 0.3) is 0 Å². The molecule has 0 radical (unpaired) electrons. The summed E-state index contributed by atoms with van der Waals surface area (Å²) in [5.41, 5.74) is -0.284. The van der Waals surface area contributed by atoms with Crippen molar-refractivity contribution in [2.24, 2.45) is 5.41 Å². The van der Waals surface area contributed by atoms with Gasteiger partial charge in [-0.05, 0) is 18.3 Å². The lowest BCUT2D eigenvalue weighted by molar-refractivity contribution is -0.153. The Morgan fingerprint density at radius 2 is 1.85 bits per heavy atom. The first-order valence-electron chi connectivity index (χ1n) is 7.51. The Morgan fingerprint density at radius 3 is 2.35 bits per heavy atom. The van der Waals surface area contributed by atoms with E-state index < -0.39 is 6.04 Å². The standard InChI is InChI=1S/C15H28N2O3/c1-6-9-20-10-8-17-11(7-2)13(18)16-12(14(17)19)15(3,4)5/h11-12H,6-10H2,1-5H3,(H,16,18). The summed E-state index contributed by atoms with van der Waals surface area (Å²) < 4.78 is 5.46. The normalized spacial score (nSPS) is 23.9. The van der Waals surface area contributed by atoms with Gasteiger partial charge in [0.05, 0.1) is 6.61 Å². The van der Waals surface area contributed by atoms with E-state index in [0.29, 0.717) is 26.2 Å². The monoisotopic (exact) mass is 284 g/mol. The van der Waals surface area contributed by atoms with Crippen LogP contribution in [0.1, 0.15) is 47.5 Å². The average Bonchev–Trinajstić information content (AvgIpc) is 2.36. The average molecular weight is 284 g/mol. The van der Waals surface area contributed by atoms with E-state index in [1.807, 2.05) is 34.6 Å². The van der Waals surface area contributed by atoms with Gasteiger partial charge in [0.2, 0.25) is 11.8 Å². The van der Waals surface area contributed by atoms with Gasteiger partial charge in [-0.2, -0.15) is 0 Å². The van der Waals surface area contributed by atoms with Crippen LogP contribution in [-0.4, -0.2) is 48.6 Å². The van der Waals surface area contributed by atoms with Crippen molar-refractivity contribution in [3.8, 4) is 0 Å². The molecule has 0 saturated carbocycles. The Hall–Kier alpha value is -1.10. The predicted octanol–water partition coefficient (Wildman–Crippen LogP) is 1.56. The third-order valence-corrected chi connectivity index (χ3v) is 3.57. The molecule has 1 fully saturated rings. The highest BCUT2D eigenvalue weighted by atomic mass is 16.5. The zero-order chi connectivity index (χ0) is 15.3. The molecule has 0 spiro atoms. The largest absolute Gasteiger partial charge is 0.380 e. The molecule has 0 aromatic rings. The van der Waals surface area contributed by atoms with E-state index >= 15 is 0 Å². The van der Waals surface area contributed by atoms with Gasteiger partial charge in [0, 0.05) is 13.2 Å². The zero-order valence-electron chi connectivity index (χ0n) is 13.4. The molecule has 0 aliphatic carbocycles. The van der Waals surface area contributed by atoms with Crippen LogP contribution in [0.2, 0.25) is 0 Å². The van der Waals surface area contributed by atoms with Crippen LogP contribution in [-0.2, 0) is 14.3 Å². The predicted molar refractivity (Wildman–Crippen MR) is 78.3 cm³/mol. The van der Waals surface area contributed by atoms with Crippen molar-refractivity contribution in [2.75, 3.05) is 19.8 Å². The Kier molecular flexibility index (Phi) is 5.99. The molecule has 0 aromatic carbocycles. The molecule has 5 heteroatoms. The maximum Gasteiger partial charge on any atom is 0.246 e. The van der Waals surface area contributed by atoms with Crippen LogP contribution in [0.15, 0.2) is 0 Å². The second-order valence-electron chi connectivity index (χ2n) is 6.38. The minimum Gasteiger partial charge on any atom is -0.380 e. The fourth-order valence-corrected chi connectivity index (χ4v) is 2.43. The second-order valence-corrected chi connectivity index (χ2v) is 6.38. The number of carbonyl (C=O) groups is 2. The van der Waals surface area contributed by atoms with Gasteiger partial charge in [0.15, 0.2) is 0 Å². The van der Waals surface area contributed by atoms with Gasteiger partial charge in [-0.25, -0.2) is 0 Å². The molecule has 1 aliphatic heterocycles. The van der Waals surface area contributed by atoms with E-state index in [1.54, 1.807) is 4.90 Å². The van der Waals surface area contributed by atoms with E-state index in [2.05, 4.69) is 5.32 Å². The van der Waals surface area contributed by atoms with Crippen molar-refractivity contribution < 1.29 is 14.3 Å². The topological polar surface area (TPSA) is 58.6 Å². The molecule has 2 amide bonds. The number of nitrogens with one attached hydrogen (secondary N) is 1. The lowest BCUT2D eigenvalue weighted by Crippen LogP contribution is -2.66. The third kappa shape index (κ3) is 3.95. The van der Waals surface area contributed by atoms with Crippen molar-refractivity contribution in [3.63, 3.8) is 0 Å². The quantitative estimate of drug-likeness (QED) is 0.753. The minimum atomic E-state index is -0.455. The molecule has 1 saturated heterocycles. The maximum absolute atomic E-state index is 12.6. The van der Waals surface area contributed by atoms with Gasteiger partial charge in [-0.3, -0.25) is 9.59 Å². The van der Waals surface area contributed by atoms with Gasteiger partial charge < -0.3 is 15.0 Å². The Balaban J connectivity index is 2.78. The van der Waals surface area contributed by atoms with Crippen molar-refractivity contribution in [1.29, 1.82) is 0 Å². The molecular formula is C15H28N2O3. The van der Waals surface area contributed by atoms with Crippen LogP contribution >= 0.6 is 0 Å². The number of hydrogen-bond acceptors (Lipinski definition) is 3. The number of nitrogens with zero attached hydrogens (tertiary/aromatic N) is 1. The van der Waals surface area contributed by atoms with E-state index in [-0.39, 0.29) is 23.3 Å². The molecule has 1 rings (SSSR count). The summed E-state index contributed by atoms with van der Waals surface area (Å²) in [6.07, 6.45) is 1.58. The van der Waals surface area contributed by atoms with Gasteiger partial charge >= 0.3 is 0 Å². The molecule has 1 aliphatic rings. The van der Waals surface area contributed by atoms with E-state index in [1.165, 1.54) is 0 Å². The number of rotatable bonds is 6. The fraction of sp³-hybridized carbons (Fsp3) is 0.867. The molecule has 20 heavy (non-hydrogen) atoms. The Morgan fingerprint density at radius 1 is 1.20 bits per heavy atom. The first kappa shape index (κ1) is 17.0. The summed E-state index contributed by atoms with van der Waals surface area (Å²) >= 11 is 0. The number of amides is 2. The third-order valence-electron chi connectivity index (χ3n) is 3.57. The van der Waals surface area contributed by atoms with Crippen molar-refractivity contribution in [1.82, 2.24) is 10.2 Å². The van der Waals surface area contributed by atoms with Gasteiger partial charge in [0.25, 0.3) is 0 Å². The van der Waals surface area contributed by atoms with Gasteiger partial charge in [-0.1, -0.05) is 34.6 Å². The lowest BCUT2D eigenvalue weighted by Gasteiger charge is -2.43. The molecule has 0 aromatic heterocycles. The minimum absolute atomic E-state index is 0.00375. The first-order chi connectivity index (χ1) is 9.32. The molecule has 5 nitrogen and oxygen atoms in total. The number of hydrogen-bond donors (Lipinski definition) is 1. The number of ether oxygens (including phenoxy) is 1. The molecule has 1 N–H and O–H groups in total. The highest BCUT2D eigenvalue weighted by molar-refractivity contribution is 5.97. The van der Waals surface area contributed by atoms with Crippen LogP contribution in [0.3, 0.4) is 0 Å². The number of piperazine rings is 1. The summed E-state index contributed by atoms with van der Waals surface area (Å²) in [5.74, 6) is -0.0495. The number of carbonyl (C=O) groups excluding carboxylic acids is 2. The fourth-order valence-electron chi connectivity index (χ4n) is 2.43. The Bertz CT molecular complexity index is 350. The SMILES string of the molecule is CCCOCCN1C(=O)C(C(C)(C)C)NC(=O)C1CC. The molecule has 2 unspecified atom stereocenters. The van der Waals surface area contributed by atoms with E-state index in [9.17, 15) is 9.59 Å². The highest BCUT2D eigenvalue weighted by Gasteiger charge is 2.44. The molecule has 0 bridgehead atoms. The van der Waals surface area contributed by atoms with Crippen LogP contribution in [0.4, 0.5) is 0 Å². The van der Waals surface area contributed by atoms with E-state index in [0.717, 1.165) is 6.42 Å². The summed E-state index contributed by atoms with van der Waals surface area (Å²) in [7, 11) is 0.